The van der Waals surface area contributed by atoms with Gasteiger partial charge in [0.25, 0.3) is 5.82 Å². The maximum Gasteiger partial charge on any atom is 0.289 e. The topological polar surface area (TPSA) is 117 Å². The molecule has 1 amide bonds. The summed E-state index contributed by atoms with van der Waals surface area (Å²) >= 11 is 1.04. The highest BCUT2D eigenvalue weighted by molar-refractivity contribution is 7.99. The Bertz CT molecular complexity index is 841. The highest BCUT2D eigenvalue weighted by Crippen LogP contribution is 2.21. The molecule has 1 aromatic carbocycles. The van der Waals surface area contributed by atoms with Gasteiger partial charge in [-0.2, -0.15) is 10.5 Å². The van der Waals surface area contributed by atoms with E-state index in [0.717, 1.165) is 11.8 Å². The number of pyridine rings is 1. The van der Waals surface area contributed by atoms with Crippen molar-refractivity contribution in [2.24, 2.45) is 0 Å². The molecule has 0 spiro atoms. The summed E-state index contributed by atoms with van der Waals surface area (Å²) in [5, 5.41) is 20.8. The van der Waals surface area contributed by atoms with Crippen LogP contribution in [0.2, 0.25) is 0 Å². The van der Waals surface area contributed by atoms with E-state index < -0.39 is 11.7 Å². The minimum absolute atomic E-state index is 0.0507. The van der Waals surface area contributed by atoms with E-state index >= 15 is 0 Å². The Kier molecular flexibility index (Phi) is 5.13. The number of aromatic amines is 1. The van der Waals surface area contributed by atoms with Crippen molar-refractivity contribution in [2.75, 3.05) is 16.8 Å². The summed E-state index contributed by atoms with van der Waals surface area (Å²) in [5.41, 5.74) is 6.10. The van der Waals surface area contributed by atoms with Gasteiger partial charge >= 0.3 is 0 Å². The zero-order valence-electron chi connectivity index (χ0n) is 11.8. The number of nitrogens with zero attached hydrogens (tertiary/aromatic N) is 2. The smallest absolute Gasteiger partial charge is 0.289 e. The first-order chi connectivity index (χ1) is 11.0. The van der Waals surface area contributed by atoms with E-state index in [0.29, 0.717) is 5.03 Å². The van der Waals surface area contributed by atoms with Crippen LogP contribution in [0.1, 0.15) is 11.1 Å². The number of carbonyl (C=O) groups excluding carboxylic acids is 1. The van der Waals surface area contributed by atoms with E-state index in [1.165, 1.54) is 24.3 Å². The van der Waals surface area contributed by atoms with E-state index in [-0.39, 0.29) is 28.4 Å². The van der Waals surface area contributed by atoms with E-state index in [4.69, 9.17) is 16.3 Å². The van der Waals surface area contributed by atoms with Gasteiger partial charge in [0.05, 0.1) is 11.4 Å². The molecule has 1 heterocycles. The number of amides is 1. The molecule has 0 aliphatic heterocycles. The zero-order chi connectivity index (χ0) is 16.8. The molecule has 2 aromatic rings. The zero-order valence-corrected chi connectivity index (χ0v) is 12.6. The Hall–Kier alpha value is -3.10. The number of nitrogens with one attached hydrogen (secondary N) is 2. The minimum atomic E-state index is -0.530. The van der Waals surface area contributed by atoms with Gasteiger partial charge < -0.3 is 5.32 Å². The SMILES string of the molecule is N#Cc1cc(C#N)c(SCC(=O)Nc2ccccc2F)[nH+]c1N. The molecule has 4 N–H and O–H groups in total. The van der Waals surface area contributed by atoms with Crippen molar-refractivity contribution < 1.29 is 14.2 Å². The van der Waals surface area contributed by atoms with Gasteiger partial charge in [-0.05, 0) is 18.2 Å². The van der Waals surface area contributed by atoms with E-state index in [9.17, 15) is 9.18 Å². The van der Waals surface area contributed by atoms with Gasteiger partial charge in [-0.15, -0.1) is 0 Å². The Labute approximate surface area is 135 Å². The van der Waals surface area contributed by atoms with Crippen LogP contribution >= 0.6 is 11.8 Å². The van der Waals surface area contributed by atoms with Crippen molar-refractivity contribution in [3.8, 4) is 12.1 Å². The average molecular weight is 328 g/mol. The quantitative estimate of drug-likeness (QED) is 0.828. The normalized spacial score (nSPS) is 9.70. The Morgan fingerprint density at radius 3 is 2.65 bits per heavy atom. The minimum Gasteiger partial charge on any atom is -0.323 e. The fourth-order valence-corrected chi connectivity index (χ4v) is 2.51. The Morgan fingerprint density at radius 1 is 1.30 bits per heavy atom. The molecule has 0 saturated carbocycles. The molecular weight excluding hydrogens is 317 g/mol. The largest absolute Gasteiger partial charge is 0.323 e. The summed E-state index contributed by atoms with van der Waals surface area (Å²) < 4.78 is 13.5. The standard InChI is InChI=1S/C15H10FN5OS/c16-11-3-1-2-4-12(11)20-13(22)8-23-15-10(7-18)5-9(6-17)14(19)21-15/h1-5H,8H2,(H2,19,21)(H,20,22)/p+1. The summed E-state index contributed by atoms with van der Waals surface area (Å²) in [6, 6.07) is 11.0. The molecule has 0 fully saturated rings. The van der Waals surface area contributed by atoms with Gasteiger partial charge in [-0.1, -0.05) is 23.9 Å². The second-order valence-corrected chi connectivity index (χ2v) is 5.37. The summed E-state index contributed by atoms with van der Waals surface area (Å²) in [4.78, 5) is 14.6. The number of halogens is 1. The lowest BCUT2D eigenvalue weighted by atomic mass is 10.2. The van der Waals surface area contributed by atoms with Crippen LogP contribution < -0.4 is 16.0 Å². The molecular formula is C15H11FN5OS+. The third kappa shape index (κ3) is 3.96. The molecule has 0 saturated heterocycles. The van der Waals surface area contributed by atoms with Gasteiger partial charge in [0.2, 0.25) is 5.91 Å². The van der Waals surface area contributed by atoms with Crippen LogP contribution in [0.3, 0.4) is 0 Å². The van der Waals surface area contributed by atoms with Gasteiger partial charge in [0.15, 0.2) is 5.03 Å². The second kappa shape index (κ2) is 7.25. The lowest BCUT2D eigenvalue weighted by Crippen LogP contribution is -2.20. The van der Waals surface area contributed by atoms with Crippen molar-refractivity contribution in [3.63, 3.8) is 0 Å². The van der Waals surface area contributed by atoms with Crippen molar-refractivity contribution in [2.45, 2.75) is 5.03 Å². The molecule has 0 atom stereocenters. The lowest BCUT2D eigenvalue weighted by Gasteiger charge is -2.06. The predicted octanol–water partition coefficient (Wildman–Crippen LogP) is 1.70. The van der Waals surface area contributed by atoms with Crippen molar-refractivity contribution in [1.29, 1.82) is 10.5 Å². The number of rotatable bonds is 4. The molecule has 2 rings (SSSR count). The maximum atomic E-state index is 13.5. The Balaban J connectivity index is 2.08. The van der Waals surface area contributed by atoms with Gasteiger partial charge in [-0.3, -0.25) is 10.5 Å². The number of nitrogen functional groups attached to an aromatic ring is 1. The van der Waals surface area contributed by atoms with Gasteiger partial charge in [0, 0.05) is 0 Å². The van der Waals surface area contributed by atoms with Crippen LogP contribution in [0, 0.1) is 28.5 Å². The predicted molar refractivity (Wildman–Crippen MR) is 82.6 cm³/mol. The summed E-state index contributed by atoms with van der Waals surface area (Å²) in [7, 11) is 0. The van der Waals surface area contributed by atoms with E-state index in [2.05, 4.69) is 10.3 Å². The van der Waals surface area contributed by atoms with Crippen LogP contribution in [-0.2, 0) is 4.79 Å². The number of nitriles is 2. The maximum absolute atomic E-state index is 13.5. The van der Waals surface area contributed by atoms with Crippen LogP contribution in [-0.4, -0.2) is 11.7 Å². The average Bonchev–Trinajstić information content (AvgIpc) is 2.55. The van der Waals surface area contributed by atoms with Crippen LogP contribution in [0.25, 0.3) is 0 Å². The number of carbonyl (C=O) groups is 1. The van der Waals surface area contributed by atoms with Crippen molar-refractivity contribution in [3.05, 3.63) is 47.3 Å². The number of H-pyrrole nitrogens is 1. The molecule has 114 valence electrons. The first-order valence-corrected chi connectivity index (χ1v) is 7.37. The number of para-hydroxylation sites is 1. The summed E-state index contributed by atoms with van der Waals surface area (Å²) in [6.07, 6.45) is 0. The highest BCUT2D eigenvalue weighted by atomic mass is 32.2. The number of thioether (sulfide) groups is 1. The molecule has 0 aliphatic carbocycles. The molecule has 0 unspecified atom stereocenters. The number of benzene rings is 1. The molecule has 23 heavy (non-hydrogen) atoms. The molecule has 8 heteroatoms. The molecule has 0 radical (unpaired) electrons. The highest BCUT2D eigenvalue weighted by Gasteiger charge is 2.16. The van der Waals surface area contributed by atoms with Crippen molar-refractivity contribution in [1.82, 2.24) is 0 Å². The first-order valence-electron chi connectivity index (χ1n) is 6.38. The first kappa shape index (κ1) is 16.3. The fourth-order valence-electron chi connectivity index (χ4n) is 1.72. The van der Waals surface area contributed by atoms with E-state index in [1.807, 2.05) is 12.1 Å². The van der Waals surface area contributed by atoms with Crippen LogP contribution in [0.15, 0.2) is 35.4 Å². The lowest BCUT2D eigenvalue weighted by molar-refractivity contribution is -0.410. The van der Waals surface area contributed by atoms with Gasteiger partial charge in [0.1, 0.15) is 29.1 Å². The van der Waals surface area contributed by atoms with Crippen LogP contribution in [0.5, 0.6) is 0 Å². The third-order valence-electron chi connectivity index (χ3n) is 2.81. The number of anilines is 2. The number of hydrogen-bond donors (Lipinski definition) is 2. The second-order valence-electron chi connectivity index (χ2n) is 4.38. The molecule has 6 nitrogen and oxygen atoms in total. The molecule has 1 aromatic heterocycles. The Morgan fingerprint density at radius 2 is 2.00 bits per heavy atom. The summed E-state index contributed by atoms with van der Waals surface area (Å²) in [6.45, 7) is 0. The third-order valence-corrected chi connectivity index (χ3v) is 3.83. The summed E-state index contributed by atoms with van der Waals surface area (Å²) in [5.74, 6) is -0.897. The van der Waals surface area contributed by atoms with Crippen molar-refractivity contribution >= 4 is 29.2 Å². The molecule has 0 bridgehead atoms. The monoisotopic (exact) mass is 328 g/mol. The molecule has 0 aliphatic rings. The van der Waals surface area contributed by atoms with Gasteiger partial charge in [-0.25, -0.2) is 9.37 Å². The number of aromatic nitrogens is 1. The number of hydrogen-bond acceptors (Lipinski definition) is 5. The van der Waals surface area contributed by atoms with Crippen LogP contribution in [0.4, 0.5) is 15.9 Å². The fraction of sp³-hybridized carbons (Fsp3) is 0.0667. The number of nitrogens with two attached hydrogens (primary N) is 1. The van der Waals surface area contributed by atoms with E-state index in [1.54, 1.807) is 6.07 Å².